The number of oxazole rings is 1. The first-order valence-electron chi connectivity index (χ1n) is 8.96. The zero-order valence-electron chi connectivity index (χ0n) is 15.2. The Kier molecular flexibility index (Phi) is 5.20. The van der Waals surface area contributed by atoms with Gasteiger partial charge >= 0.3 is 0 Å². The Bertz CT molecular complexity index is 687. The molecule has 0 spiro atoms. The Balaban J connectivity index is 1.65. The lowest BCUT2D eigenvalue weighted by Gasteiger charge is -2.27. The van der Waals surface area contributed by atoms with Crippen molar-refractivity contribution in [1.82, 2.24) is 20.0 Å². The summed E-state index contributed by atoms with van der Waals surface area (Å²) in [6, 6.07) is -0.0940. The zero-order chi connectivity index (χ0) is 17.9. The van der Waals surface area contributed by atoms with Crippen molar-refractivity contribution < 1.29 is 13.7 Å². The van der Waals surface area contributed by atoms with Crippen LogP contribution in [-0.2, 0) is 16.6 Å². The van der Waals surface area contributed by atoms with E-state index in [9.17, 15) is 4.79 Å². The number of carbonyl (C=O) groups excluding carboxylic acids is 1. The number of hydrogen-bond donors (Lipinski definition) is 0. The standard InChI is InChI=1S/C18H26N4O3/c1-18(2,3)14-11-19-15(25-14)8-9-16(23)22-10-6-4-5-7-13(22)17-20-12-24-21-17/h11-13H,4-10H2,1-3H3. The van der Waals surface area contributed by atoms with Crippen molar-refractivity contribution in [2.24, 2.45) is 0 Å². The molecule has 1 unspecified atom stereocenters. The average molecular weight is 346 g/mol. The van der Waals surface area contributed by atoms with Gasteiger partial charge in [0.2, 0.25) is 12.3 Å². The first kappa shape index (κ1) is 17.6. The van der Waals surface area contributed by atoms with E-state index in [2.05, 4.69) is 35.9 Å². The number of rotatable bonds is 4. The fraction of sp³-hybridized carbons (Fsp3) is 0.667. The molecule has 0 N–H and O–H groups in total. The number of nitrogens with zero attached hydrogens (tertiary/aromatic N) is 4. The molecule has 1 fully saturated rings. The van der Waals surface area contributed by atoms with Gasteiger partial charge in [0.1, 0.15) is 5.76 Å². The highest BCUT2D eigenvalue weighted by molar-refractivity contribution is 5.76. The lowest BCUT2D eigenvalue weighted by molar-refractivity contribution is -0.133. The fourth-order valence-electron chi connectivity index (χ4n) is 3.13. The van der Waals surface area contributed by atoms with Crippen LogP contribution in [0.15, 0.2) is 21.5 Å². The molecule has 136 valence electrons. The normalized spacial score (nSPS) is 19.0. The minimum absolute atomic E-state index is 0.0796. The molecule has 0 aromatic carbocycles. The Labute approximate surface area is 147 Å². The lowest BCUT2D eigenvalue weighted by atomic mass is 9.94. The summed E-state index contributed by atoms with van der Waals surface area (Å²) in [5, 5.41) is 3.95. The van der Waals surface area contributed by atoms with Crippen LogP contribution >= 0.6 is 0 Å². The van der Waals surface area contributed by atoms with Crippen LogP contribution in [0.25, 0.3) is 0 Å². The van der Waals surface area contributed by atoms with Crippen molar-refractivity contribution in [3.8, 4) is 0 Å². The molecule has 1 aliphatic rings. The van der Waals surface area contributed by atoms with Crippen molar-refractivity contribution >= 4 is 5.91 Å². The van der Waals surface area contributed by atoms with Gasteiger partial charge in [0.25, 0.3) is 0 Å². The zero-order valence-corrected chi connectivity index (χ0v) is 15.2. The third kappa shape index (κ3) is 4.27. The van der Waals surface area contributed by atoms with Crippen molar-refractivity contribution in [3.63, 3.8) is 0 Å². The van der Waals surface area contributed by atoms with Gasteiger partial charge in [-0.3, -0.25) is 4.79 Å². The summed E-state index contributed by atoms with van der Waals surface area (Å²) in [6.45, 7) is 6.97. The molecule has 3 rings (SSSR count). The van der Waals surface area contributed by atoms with Crippen LogP contribution in [0.1, 0.15) is 76.4 Å². The number of likely N-dealkylation sites (tertiary alicyclic amines) is 1. The van der Waals surface area contributed by atoms with Crippen LogP contribution in [-0.4, -0.2) is 32.5 Å². The molecule has 1 aliphatic heterocycles. The molecule has 1 saturated heterocycles. The maximum absolute atomic E-state index is 12.8. The maximum atomic E-state index is 12.8. The van der Waals surface area contributed by atoms with E-state index in [0.29, 0.717) is 24.6 Å². The Hall–Kier alpha value is -2.18. The van der Waals surface area contributed by atoms with Crippen LogP contribution < -0.4 is 0 Å². The predicted octanol–water partition coefficient (Wildman–Crippen LogP) is 3.43. The lowest BCUT2D eigenvalue weighted by Crippen LogP contribution is -2.35. The van der Waals surface area contributed by atoms with Gasteiger partial charge in [-0.15, -0.1) is 0 Å². The molecule has 25 heavy (non-hydrogen) atoms. The molecule has 7 nitrogen and oxygen atoms in total. The third-order valence-electron chi connectivity index (χ3n) is 4.60. The smallest absolute Gasteiger partial charge is 0.223 e. The summed E-state index contributed by atoms with van der Waals surface area (Å²) in [7, 11) is 0. The van der Waals surface area contributed by atoms with E-state index >= 15 is 0 Å². The van der Waals surface area contributed by atoms with E-state index in [-0.39, 0.29) is 17.4 Å². The molecule has 1 amide bonds. The number of carbonyl (C=O) groups is 1. The van der Waals surface area contributed by atoms with Crippen LogP contribution in [0.2, 0.25) is 0 Å². The highest BCUT2D eigenvalue weighted by atomic mass is 16.5. The molecule has 3 heterocycles. The summed E-state index contributed by atoms with van der Waals surface area (Å²) in [4.78, 5) is 23.2. The van der Waals surface area contributed by atoms with Gasteiger partial charge < -0.3 is 13.8 Å². The highest BCUT2D eigenvalue weighted by Crippen LogP contribution is 2.29. The molecule has 0 saturated carbocycles. The molecular formula is C18H26N4O3. The largest absolute Gasteiger partial charge is 0.445 e. The number of amides is 1. The van der Waals surface area contributed by atoms with Crippen LogP contribution in [0.5, 0.6) is 0 Å². The van der Waals surface area contributed by atoms with E-state index in [1.807, 2.05) is 4.90 Å². The first-order chi connectivity index (χ1) is 11.9. The Morgan fingerprint density at radius 3 is 2.80 bits per heavy atom. The second kappa shape index (κ2) is 7.37. The van der Waals surface area contributed by atoms with Crippen molar-refractivity contribution in [3.05, 3.63) is 30.1 Å². The molecular weight excluding hydrogens is 320 g/mol. The van der Waals surface area contributed by atoms with Crippen LogP contribution in [0, 0.1) is 0 Å². The highest BCUT2D eigenvalue weighted by Gasteiger charge is 2.29. The summed E-state index contributed by atoms with van der Waals surface area (Å²) < 4.78 is 10.7. The second-order valence-electron chi connectivity index (χ2n) is 7.61. The predicted molar refractivity (Wildman–Crippen MR) is 90.7 cm³/mol. The molecule has 2 aromatic rings. The molecule has 2 aromatic heterocycles. The second-order valence-corrected chi connectivity index (χ2v) is 7.61. The fourth-order valence-corrected chi connectivity index (χ4v) is 3.13. The topological polar surface area (TPSA) is 85.3 Å². The first-order valence-corrected chi connectivity index (χ1v) is 8.96. The molecule has 0 radical (unpaired) electrons. The third-order valence-corrected chi connectivity index (χ3v) is 4.60. The van der Waals surface area contributed by atoms with E-state index in [1.165, 1.54) is 6.39 Å². The summed E-state index contributed by atoms with van der Waals surface area (Å²) >= 11 is 0. The summed E-state index contributed by atoms with van der Waals surface area (Å²) in [6.07, 6.45) is 8.02. The minimum Gasteiger partial charge on any atom is -0.445 e. The molecule has 0 aliphatic carbocycles. The number of aryl methyl sites for hydroxylation is 1. The van der Waals surface area contributed by atoms with E-state index < -0.39 is 0 Å². The maximum Gasteiger partial charge on any atom is 0.223 e. The minimum atomic E-state index is -0.0940. The summed E-state index contributed by atoms with van der Waals surface area (Å²) in [5.41, 5.74) is -0.0796. The van der Waals surface area contributed by atoms with E-state index in [1.54, 1.807) is 6.20 Å². The van der Waals surface area contributed by atoms with Crippen molar-refractivity contribution in [2.75, 3.05) is 6.54 Å². The monoisotopic (exact) mass is 346 g/mol. The quantitative estimate of drug-likeness (QED) is 0.843. The van der Waals surface area contributed by atoms with Crippen molar-refractivity contribution in [2.45, 2.75) is 70.8 Å². The Morgan fingerprint density at radius 1 is 1.28 bits per heavy atom. The van der Waals surface area contributed by atoms with Gasteiger partial charge in [0, 0.05) is 24.8 Å². The van der Waals surface area contributed by atoms with Gasteiger partial charge in [0.05, 0.1) is 12.2 Å². The van der Waals surface area contributed by atoms with E-state index in [0.717, 1.165) is 38.0 Å². The van der Waals surface area contributed by atoms with Gasteiger partial charge in [-0.1, -0.05) is 38.8 Å². The Morgan fingerprint density at radius 2 is 2.12 bits per heavy atom. The molecule has 7 heteroatoms. The van der Waals surface area contributed by atoms with Gasteiger partial charge in [-0.2, -0.15) is 4.98 Å². The van der Waals surface area contributed by atoms with Gasteiger partial charge in [0.15, 0.2) is 11.7 Å². The van der Waals surface area contributed by atoms with Crippen molar-refractivity contribution in [1.29, 1.82) is 0 Å². The average Bonchev–Trinajstić information content (AvgIpc) is 3.20. The SMILES string of the molecule is CC(C)(C)c1cnc(CCC(=O)N2CCCCCC2c2ncon2)o1. The number of aromatic nitrogens is 3. The van der Waals surface area contributed by atoms with Crippen LogP contribution in [0.3, 0.4) is 0 Å². The number of hydrogen-bond acceptors (Lipinski definition) is 6. The summed E-state index contributed by atoms with van der Waals surface area (Å²) in [5.74, 6) is 2.15. The molecule has 0 bridgehead atoms. The van der Waals surface area contributed by atoms with Gasteiger partial charge in [-0.25, -0.2) is 4.98 Å². The van der Waals surface area contributed by atoms with Crippen LogP contribution in [0.4, 0.5) is 0 Å². The molecule has 1 atom stereocenters. The van der Waals surface area contributed by atoms with E-state index in [4.69, 9.17) is 8.94 Å². The van der Waals surface area contributed by atoms with Gasteiger partial charge in [-0.05, 0) is 12.8 Å².